The number of nitrogens with two attached hydrogens (primary N) is 1. The Morgan fingerprint density at radius 3 is 2.48 bits per heavy atom. The number of hydrogen-bond acceptors (Lipinski definition) is 7. The standard InChI is InChI=1S/C31H43FN6O5S/c1-31(2)15-25-28(44(41,42)18-31)22-16-43-17-26(22)38(25)21-13-23(32)27(29(33)39)24(14-21)35-19-5-7-20(8-6-19)36-30(40)34-9-12-37-10-3-4-11-37/h13-14,19-20,35H,3-12,15-18H2,1-2H3,(H2,33,39)(H2,34,36,40). The quantitative estimate of drug-likeness (QED) is 0.350. The summed E-state index contributed by atoms with van der Waals surface area (Å²) in [5.74, 6) is -1.63. The van der Waals surface area contributed by atoms with Crippen molar-refractivity contribution >= 4 is 27.5 Å². The number of hydrogen-bond donors (Lipinski definition) is 4. The maximum atomic E-state index is 15.6. The lowest BCUT2D eigenvalue weighted by Crippen LogP contribution is -2.46. The molecule has 44 heavy (non-hydrogen) atoms. The third-order valence-corrected chi connectivity index (χ3v) is 11.6. The fourth-order valence-corrected chi connectivity index (χ4v) is 9.79. The lowest BCUT2D eigenvalue weighted by molar-refractivity contribution is 0.0997. The Bertz CT molecular complexity index is 1560. The van der Waals surface area contributed by atoms with E-state index in [4.69, 9.17) is 10.5 Å². The maximum absolute atomic E-state index is 15.6. The van der Waals surface area contributed by atoms with Crippen LogP contribution in [0.5, 0.6) is 0 Å². The number of primary amides is 1. The monoisotopic (exact) mass is 630 g/mol. The summed E-state index contributed by atoms with van der Waals surface area (Å²) in [4.78, 5) is 27.5. The van der Waals surface area contributed by atoms with E-state index in [1.807, 2.05) is 13.8 Å². The number of halogens is 1. The highest BCUT2D eigenvalue weighted by atomic mass is 32.2. The van der Waals surface area contributed by atoms with Crippen LogP contribution >= 0.6 is 0 Å². The number of carbonyl (C=O) groups is 2. The highest BCUT2D eigenvalue weighted by Gasteiger charge is 2.43. The zero-order valence-corrected chi connectivity index (χ0v) is 26.3. The van der Waals surface area contributed by atoms with Crippen LogP contribution in [0.3, 0.4) is 0 Å². The highest BCUT2D eigenvalue weighted by Crippen LogP contribution is 2.44. The van der Waals surface area contributed by atoms with Crippen LogP contribution < -0.4 is 21.7 Å². The summed E-state index contributed by atoms with van der Waals surface area (Å²) in [6, 6.07) is 2.74. The summed E-state index contributed by atoms with van der Waals surface area (Å²) < 4.78 is 49.9. The molecule has 1 aliphatic carbocycles. The molecule has 1 aromatic carbocycles. The second-order valence-corrected chi connectivity index (χ2v) is 15.4. The molecule has 2 fully saturated rings. The van der Waals surface area contributed by atoms with Gasteiger partial charge in [-0.3, -0.25) is 4.79 Å². The lowest BCUT2D eigenvalue weighted by Gasteiger charge is -2.32. The zero-order chi connectivity index (χ0) is 31.2. The molecule has 0 bridgehead atoms. The Balaban J connectivity index is 1.19. The normalized spacial score (nSPS) is 24.0. The van der Waals surface area contributed by atoms with Gasteiger partial charge in [0.05, 0.1) is 46.5 Å². The van der Waals surface area contributed by atoms with E-state index in [1.165, 1.54) is 18.9 Å². The van der Waals surface area contributed by atoms with Gasteiger partial charge in [0.2, 0.25) is 0 Å². The fraction of sp³-hybridized carbons (Fsp3) is 0.613. The van der Waals surface area contributed by atoms with Crippen LogP contribution in [0.1, 0.15) is 79.7 Å². The number of fused-ring (bicyclic) bond motifs is 3. The van der Waals surface area contributed by atoms with E-state index in [9.17, 15) is 18.0 Å². The number of sulfone groups is 1. The second kappa shape index (κ2) is 12.0. The molecule has 0 radical (unpaired) electrons. The number of carbonyl (C=O) groups excluding carboxylic acids is 2. The van der Waals surface area contributed by atoms with Crippen LogP contribution in [-0.2, 0) is 34.2 Å². The van der Waals surface area contributed by atoms with Crippen LogP contribution in [0.25, 0.3) is 5.69 Å². The maximum Gasteiger partial charge on any atom is 0.315 e. The third kappa shape index (κ3) is 6.18. The van der Waals surface area contributed by atoms with Gasteiger partial charge in [-0.1, -0.05) is 13.8 Å². The molecule has 4 aliphatic rings. The summed E-state index contributed by atoms with van der Waals surface area (Å²) in [6.45, 7) is 7.89. The van der Waals surface area contributed by atoms with Gasteiger partial charge >= 0.3 is 6.03 Å². The largest absolute Gasteiger partial charge is 0.382 e. The Hall–Kier alpha value is -3.16. The summed E-state index contributed by atoms with van der Waals surface area (Å²) in [6.07, 6.45) is 5.81. The van der Waals surface area contributed by atoms with Crippen LogP contribution in [0, 0.1) is 11.2 Å². The number of urea groups is 1. The summed E-state index contributed by atoms with van der Waals surface area (Å²) in [5, 5.41) is 9.38. The minimum atomic E-state index is -3.57. The summed E-state index contributed by atoms with van der Waals surface area (Å²) in [5.41, 5.74) is 7.56. The number of anilines is 1. The van der Waals surface area contributed by atoms with Gasteiger partial charge in [0.15, 0.2) is 9.84 Å². The van der Waals surface area contributed by atoms with Crippen molar-refractivity contribution in [3.05, 3.63) is 40.5 Å². The van der Waals surface area contributed by atoms with Crippen molar-refractivity contribution in [2.45, 2.75) is 89.0 Å². The molecular weight excluding hydrogens is 587 g/mol. The average Bonchev–Trinajstić information content (AvgIpc) is 3.66. The van der Waals surface area contributed by atoms with Crippen LogP contribution in [0.2, 0.25) is 0 Å². The first-order valence-electron chi connectivity index (χ1n) is 15.6. The molecule has 1 saturated carbocycles. The first-order chi connectivity index (χ1) is 20.9. The van der Waals surface area contributed by atoms with Crippen molar-refractivity contribution in [1.82, 2.24) is 20.1 Å². The average molecular weight is 631 g/mol. The van der Waals surface area contributed by atoms with Crippen molar-refractivity contribution in [3.63, 3.8) is 0 Å². The molecule has 0 spiro atoms. The smallest absolute Gasteiger partial charge is 0.315 e. The van der Waals surface area contributed by atoms with Crippen molar-refractivity contribution < 1.29 is 27.1 Å². The highest BCUT2D eigenvalue weighted by molar-refractivity contribution is 7.91. The predicted octanol–water partition coefficient (Wildman–Crippen LogP) is 3.22. The minimum Gasteiger partial charge on any atom is -0.382 e. The molecule has 11 nitrogen and oxygen atoms in total. The third-order valence-electron chi connectivity index (χ3n) is 9.36. The van der Waals surface area contributed by atoms with Gasteiger partial charge in [-0.15, -0.1) is 0 Å². The Kier molecular flexibility index (Phi) is 8.40. The molecular formula is C31H43FN6O5S. The molecule has 4 heterocycles. The molecule has 3 aliphatic heterocycles. The number of benzene rings is 1. The van der Waals surface area contributed by atoms with E-state index in [1.54, 1.807) is 10.6 Å². The topological polar surface area (TPSA) is 148 Å². The number of rotatable bonds is 8. The lowest BCUT2D eigenvalue weighted by atomic mass is 9.89. The SMILES string of the molecule is CC1(C)Cc2c(c3c(n2-c2cc(F)c(C(N)=O)c(NC4CCC(NC(=O)NCCN5CCCC5)CC4)c2)COC3)S(=O)(=O)C1. The number of nitrogens with one attached hydrogen (secondary N) is 3. The van der Waals surface area contributed by atoms with Crippen molar-refractivity contribution in [2.75, 3.05) is 37.2 Å². The molecule has 5 N–H and O–H groups in total. The van der Waals surface area contributed by atoms with Gasteiger partial charge in [-0.05, 0) is 75.6 Å². The Morgan fingerprint density at radius 2 is 1.77 bits per heavy atom. The molecule has 1 saturated heterocycles. The van der Waals surface area contributed by atoms with Crippen LogP contribution in [0.15, 0.2) is 17.0 Å². The fourth-order valence-electron chi connectivity index (χ4n) is 7.44. The van der Waals surface area contributed by atoms with Gasteiger partial charge in [-0.25, -0.2) is 17.6 Å². The van der Waals surface area contributed by atoms with Gasteiger partial charge in [0, 0.05) is 36.4 Å². The number of ether oxygens (including phenoxy) is 1. The molecule has 1 aromatic heterocycles. The second-order valence-electron chi connectivity index (χ2n) is 13.5. The van der Waals surface area contributed by atoms with E-state index >= 15 is 4.39 Å². The number of likely N-dealkylation sites (tertiary alicyclic amines) is 1. The minimum absolute atomic E-state index is 0.0257. The molecule has 240 valence electrons. The number of nitrogens with zero attached hydrogens (tertiary/aromatic N) is 2. The van der Waals surface area contributed by atoms with E-state index in [-0.39, 0.29) is 48.3 Å². The Morgan fingerprint density at radius 1 is 1.07 bits per heavy atom. The first-order valence-corrected chi connectivity index (χ1v) is 17.3. The Labute approximate surface area is 258 Å². The molecule has 0 unspecified atom stereocenters. The van der Waals surface area contributed by atoms with E-state index < -0.39 is 27.0 Å². The van der Waals surface area contributed by atoms with Crippen molar-refractivity contribution in [3.8, 4) is 5.69 Å². The van der Waals surface area contributed by atoms with Gasteiger partial charge in [-0.2, -0.15) is 0 Å². The zero-order valence-electron chi connectivity index (χ0n) is 25.5. The molecule has 6 rings (SSSR count). The van der Waals surface area contributed by atoms with Crippen LogP contribution in [-0.4, -0.2) is 73.8 Å². The van der Waals surface area contributed by atoms with E-state index in [0.29, 0.717) is 53.3 Å². The van der Waals surface area contributed by atoms with E-state index in [2.05, 4.69) is 20.9 Å². The number of amides is 3. The molecule has 0 atom stereocenters. The van der Waals surface area contributed by atoms with Crippen LogP contribution in [0.4, 0.5) is 14.9 Å². The van der Waals surface area contributed by atoms with Gasteiger partial charge in [0.1, 0.15) is 5.82 Å². The van der Waals surface area contributed by atoms with Crippen molar-refractivity contribution in [1.29, 1.82) is 0 Å². The molecule has 3 amide bonds. The molecule has 13 heteroatoms. The summed E-state index contributed by atoms with van der Waals surface area (Å²) in [7, 11) is -3.57. The van der Waals surface area contributed by atoms with Gasteiger partial charge < -0.3 is 35.9 Å². The van der Waals surface area contributed by atoms with E-state index in [0.717, 1.165) is 32.5 Å². The predicted molar refractivity (Wildman–Crippen MR) is 164 cm³/mol. The molecule has 2 aromatic rings. The summed E-state index contributed by atoms with van der Waals surface area (Å²) >= 11 is 0. The van der Waals surface area contributed by atoms with Crippen molar-refractivity contribution in [2.24, 2.45) is 11.1 Å². The number of aromatic nitrogens is 1. The first kappa shape index (κ1) is 30.8. The van der Waals surface area contributed by atoms with Gasteiger partial charge in [0.25, 0.3) is 5.91 Å².